The van der Waals surface area contributed by atoms with Crippen molar-refractivity contribution in [3.05, 3.63) is 60.7 Å². The number of nitro benzene ring substituents is 1. The fraction of sp³-hybridized carbons (Fsp3) is 0.188. The van der Waals surface area contributed by atoms with Gasteiger partial charge in [-0.3, -0.25) is 14.9 Å². The molecule has 0 aliphatic rings. The lowest BCUT2D eigenvalue weighted by atomic mass is 10.1. The van der Waals surface area contributed by atoms with Crippen LogP contribution < -0.4 is 4.74 Å². The number of halogens is 1. The van der Waals surface area contributed by atoms with Crippen molar-refractivity contribution in [2.24, 2.45) is 0 Å². The lowest BCUT2D eigenvalue weighted by Gasteiger charge is -2.12. The van der Waals surface area contributed by atoms with Crippen LogP contribution in [0.5, 0.6) is 11.5 Å². The van der Waals surface area contributed by atoms with Crippen LogP contribution in [-0.4, -0.2) is 10.7 Å². The molecule has 0 atom stereocenters. The standard InChI is InChI=1S/C16H14INO4/c1-9-4-5-13(8-15(9)18(20)21)22-16-10(2)6-12(11(3)19)7-14(16)17/h4-8H,1-3H3. The van der Waals surface area contributed by atoms with Gasteiger partial charge in [-0.25, -0.2) is 0 Å². The molecule has 5 nitrogen and oxygen atoms in total. The van der Waals surface area contributed by atoms with Gasteiger partial charge in [0.2, 0.25) is 0 Å². The van der Waals surface area contributed by atoms with Crippen molar-refractivity contribution in [3.8, 4) is 11.5 Å². The van der Waals surface area contributed by atoms with E-state index in [1.165, 1.54) is 13.0 Å². The molecule has 0 aromatic heterocycles. The first-order valence-corrected chi connectivity index (χ1v) is 7.61. The zero-order valence-corrected chi connectivity index (χ0v) is 14.5. The summed E-state index contributed by atoms with van der Waals surface area (Å²) in [4.78, 5) is 22.0. The van der Waals surface area contributed by atoms with Gasteiger partial charge in [0.25, 0.3) is 5.69 Å². The Hall–Kier alpha value is -1.96. The van der Waals surface area contributed by atoms with Gasteiger partial charge in [0, 0.05) is 11.1 Å². The molecule has 0 aliphatic carbocycles. The molecule has 0 N–H and O–H groups in total. The van der Waals surface area contributed by atoms with Crippen molar-refractivity contribution in [2.45, 2.75) is 20.8 Å². The third-order valence-electron chi connectivity index (χ3n) is 3.23. The van der Waals surface area contributed by atoms with E-state index in [0.717, 1.165) is 9.13 Å². The maximum atomic E-state index is 11.5. The molecule has 114 valence electrons. The summed E-state index contributed by atoms with van der Waals surface area (Å²) in [5.41, 5.74) is 2.02. The Balaban J connectivity index is 2.41. The number of nitrogens with zero attached hydrogens (tertiary/aromatic N) is 1. The van der Waals surface area contributed by atoms with Crippen LogP contribution in [0.15, 0.2) is 30.3 Å². The largest absolute Gasteiger partial charge is 0.456 e. The molecule has 2 aromatic carbocycles. The van der Waals surface area contributed by atoms with E-state index in [4.69, 9.17) is 4.74 Å². The van der Waals surface area contributed by atoms with E-state index in [1.54, 1.807) is 31.2 Å². The summed E-state index contributed by atoms with van der Waals surface area (Å²) in [7, 11) is 0. The maximum absolute atomic E-state index is 11.5. The molecule has 22 heavy (non-hydrogen) atoms. The number of benzene rings is 2. The Labute approximate surface area is 141 Å². The molecule has 2 aromatic rings. The van der Waals surface area contributed by atoms with Gasteiger partial charge in [0.1, 0.15) is 11.5 Å². The summed E-state index contributed by atoms with van der Waals surface area (Å²) < 4.78 is 6.58. The molecular weight excluding hydrogens is 397 g/mol. The van der Waals surface area contributed by atoms with Crippen molar-refractivity contribution >= 4 is 34.1 Å². The lowest BCUT2D eigenvalue weighted by Crippen LogP contribution is -1.98. The second-order valence-electron chi connectivity index (χ2n) is 4.97. The summed E-state index contributed by atoms with van der Waals surface area (Å²) >= 11 is 2.09. The first kappa shape index (κ1) is 16.4. The maximum Gasteiger partial charge on any atom is 0.276 e. The Morgan fingerprint density at radius 2 is 1.86 bits per heavy atom. The second kappa shape index (κ2) is 6.43. The average Bonchev–Trinajstić information content (AvgIpc) is 2.43. The van der Waals surface area contributed by atoms with Crippen LogP contribution in [0.2, 0.25) is 0 Å². The summed E-state index contributed by atoms with van der Waals surface area (Å²) in [6, 6.07) is 8.25. The van der Waals surface area contributed by atoms with Gasteiger partial charge in [-0.15, -0.1) is 0 Å². The number of carbonyl (C=O) groups excluding carboxylic acids is 1. The van der Waals surface area contributed by atoms with E-state index in [-0.39, 0.29) is 11.5 Å². The highest BCUT2D eigenvalue weighted by atomic mass is 127. The van der Waals surface area contributed by atoms with Gasteiger partial charge in [-0.1, -0.05) is 0 Å². The van der Waals surface area contributed by atoms with Gasteiger partial charge >= 0.3 is 0 Å². The normalized spacial score (nSPS) is 10.4. The van der Waals surface area contributed by atoms with E-state index in [9.17, 15) is 14.9 Å². The number of Topliss-reactive ketones (excluding diaryl/α,β-unsaturated/α-hetero) is 1. The van der Waals surface area contributed by atoms with Crippen LogP contribution in [-0.2, 0) is 0 Å². The average molecular weight is 411 g/mol. The Kier molecular flexibility index (Phi) is 4.80. The predicted molar refractivity (Wildman–Crippen MR) is 91.8 cm³/mol. The highest BCUT2D eigenvalue weighted by molar-refractivity contribution is 14.1. The third-order valence-corrected chi connectivity index (χ3v) is 4.03. The van der Waals surface area contributed by atoms with Crippen LogP contribution in [0.1, 0.15) is 28.4 Å². The van der Waals surface area contributed by atoms with E-state index in [0.29, 0.717) is 22.6 Å². The molecular formula is C16H14INO4. The number of hydrogen-bond acceptors (Lipinski definition) is 4. The molecule has 0 amide bonds. The minimum atomic E-state index is -0.432. The fourth-order valence-corrected chi connectivity index (χ4v) is 2.90. The van der Waals surface area contributed by atoms with Gasteiger partial charge < -0.3 is 4.74 Å². The first-order valence-electron chi connectivity index (χ1n) is 6.53. The van der Waals surface area contributed by atoms with Crippen LogP contribution in [0.4, 0.5) is 5.69 Å². The van der Waals surface area contributed by atoms with Crippen molar-refractivity contribution < 1.29 is 14.5 Å². The molecule has 0 radical (unpaired) electrons. The zero-order chi connectivity index (χ0) is 16.4. The van der Waals surface area contributed by atoms with E-state index in [2.05, 4.69) is 22.6 Å². The van der Waals surface area contributed by atoms with Gasteiger partial charge in [-0.05, 0) is 73.2 Å². The van der Waals surface area contributed by atoms with Crippen molar-refractivity contribution in [1.29, 1.82) is 0 Å². The molecule has 0 spiro atoms. The highest BCUT2D eigenvalue weighted by Crippen LogP contribution is 2.33. The van der Waals surface area contributed by atoms with Crippen LogP contribution in [0.3, 0.4) is 0 Å². The number of hydrogen-bond donors (Lipinski definition) is 0. The number of ether oxygens (including phenoxy) is 1. The number of nitro groups is 1. The number of carbonyl (C=O) groups is 1. The Bertz CT molecular complexity index is 748. The first-order chi connectivity index (χ1) is 10.3. The lowest BCUT2D eigenvalue weighted by molar-refractivity contribution is -0.385. The van der Waals surface area contributed by atoms with E-state index < -0.39 is 4.92 Å². The smallest absolute Gasteiger partial charge is 0.276 e. The molecule has 2 rings (SSSR count). The summed E-state index contributed by atoms with van der Waals surface area (Å²) in [6.07, 6.45) is 0. The minimum absolute atomic E-state index is 0.0152. The highest BCUT2D eigenvalue weighted by Gasteiger charge is 2.15. The minimum Gasteiger partial charge on any atom is -0.456 e. The van der Waals surface area contributed by atoms with Crippen molar-refractivity contribution in [3.63, 3.8) is 0 Å². The Morgan fingerprint density at radius 1 is 1.18 bits per heavy atom. The van der Waals surface area contributed by atoms with Crippen LogP contribution in [0, 0.1) is 27.5 Å². The molecule has 0 bridgehead atoms. The SMILES string of the molecule is CC(=O)c1cc(C)c(Oc2ccc(C)c([N+](=O)[O-])c2)c(I)c1. The van der Waals surface area contributed by atoms with Crippen LogP contribution >= 0.6 is 22.6 Å². The van der Waals surface area contributed by atoms with Crippen molar-refractivity contribution in [2.75, 3.05) is 0 Å². The molecule has 0 heterocycles. The Morgan fingerprint density at radius 3 is 2.41 bits per heavy atom. The number of ketones is 1. The fourth-order valence-electron chi connectivity index (χ4n) is 2.03. The van der Waals surface area contributed by atoms with E-state index >= 15 is 0 Å². The summed E-state index contributed by atoms with van der Waals surface area (Å²) in [5.74, 6) is 0.983. The molecule has 0 saturated heterocycles. The van der Waals surface area contributed by atoms with E-state index in [1.807, 2.05) is 6.92 Å². The molecule has 0 aliphatic heterocycles. The number of aryl methyl sites for hydroxylation is 2. The predicted octanol–water partition coefficient (Wildman–Crippen LogP) is 4.81. The summed E-state index contributed by atoms with van der Waals surface area (Å²) in [6.45, 7) is 5.03. The topological polar surface area (TPSA) is 69.4 Å². The summed E-state index contributed by atoms with van der Waals surface area (Å²) in [5, 5.41) is 11.0. The van der Waals surface area contributed by atoms with Crippen LogP contribution in [0.25, 0.3) is 0 Å². The molecule has 0 unspecified atom stereocenters. The van der Waals surface area contributed by atoms with Crippen molar-refractivity contribution in [1.82, 2.24) is 0 Å². The molecule has 0 saturated carbocycles. The number of rotatable bonds is 4. The van der Waals surface area contributed by atoms with Gasteiger partial charge in [0.05, 0.1) is 14.6 Å². The van der Waals surface area contributed by atoms with Gasteiger partial charge in [0.15, 0.2) is 5.78 Å². The second-order valence-corrected chi connectivity index (χ2v) is 6.13. The third kappa shape index (κ3) is 3.44. The zero-order valence-electron chi connectivity index (χ0n) is 12.3. The quantitative estimate of drug-likeness (QED) is 0.313. The molecule has 6 heteroatoms. The molecule has 0 fully saturated rings. The monoisotopic (exact) mass is 411 g/mol. The van der Waals surface area contributed by atoms with Gasteiger partial charge in [-0.2, -0.15) is 0 Å².